The van der Waals surface area contributed by atoms with Crippen molar-refractivity contribution >= 4 is 17.7 Å². The molecular weight excluding hydrogens is 384 g/mol. The molecule has 150 valence electrons. The summed E-state index contributed by atoms with van der Waals surface area (Å²) >= 11 is 1.16. The minimum absolute atomic E-state index is 0.137. The van der Waals surface area contributed by atoms with Crippen LogP contribution in [0.1, 0.15) is 24.0 Å². The van der Waals surface area contributed by atoms with Crippen LogP contribution in [-0.2, 0) is 27.4 Å². The molecule has 2 aromatic carbocycles. The van der Waals surface area contributed by atoms with Crippen LogP contribution in [0.5, 0.6) is 0 Å². The molecule has 1 fully saturated rings. The van der Waals surface area contributed by atoms with Gasteiger partial charge in [0.25, 0.3) is 0 Å². The summed E-state index contributed by atoms with van der Waals surface area (Å²) in [5.74, 6) is -1.84. The molecule has 0 aliphatic carbocycles. The van der Waals surface area contributed by atoms with Crippen molar-refractivity contribution in [3.05, 3.63) is 65.2 Å². The molecule has 0 bridgehead atoms. The topological polar surface area (TPSA) is 47.6 Å². The van der Waals surface area contributed by atoms with E-state index < -0.39 is 11.6 Å². The average molecular weight is 407 g/mol. The number of amides is 1. The Morgan fingerprint density at radius 2 is 1.89 bits per heavy atom. The van der Waals surface area contributed by atoms with Crippen molar-refractivity contribution in [3.63, 3.8) is 0 Å². The van der Waals surface area contributed by atoms with Crippen LogP contribution in [0.25, 0.3) is 0 Å². The van der Waals surface area contributed by atoms with E-state index in [-0.39, 0.29) is 17.8 Å². The molecular formula is C21H23F2NO3S. The summed E-state index contributed by atoms with van der Waals surface area (Å²) in [6.45, 7) is 2.44. The third-order valence-electron chi connectivity index (χ3n) is 4.40. The predicted octanol–water partition coefficient (Wildman–Crippen LogP) is 4.07. The van der Waals surface area contributed by atoms with Gasteiger partial charge in [-0.25, -0.2) is 8.78 Å². The number of ether oxygens (including phenoxy) is 2. The Hall–Kier alpha value is -1.96. The maximum atomic E-state index is 13.2. The van der Waals surface area contributed by atoms with E-state index in [1.165, 1.54) is 6.07 Å². The highest BCUT2D eigenvalue weighted by Gasteiger charge is 2.14. The SMILES string of the molecule is O=C(CSc1ccc(F)c(F)c1)NCc1cccc(COC2CCOCC2)c1. The fourth-order valence-corrected chi connectivity index (χ4v) is 3.60. The number of carbonyl (C=O) groups is 1. The minimum Gasteiger partial charge on any atom is -0.381 e. The Balaban J connectivity index is 1.42. The van der Waals surface area contributed by atoms with Gasteiger partial charge in [0.1, 0.15) is 0 Å². The largest absolute Gasteiger partial charge is 0.381 e. The highest BCUT2D eigenvalue weighted by Crippen LogP contribution is 2.20. The van der Waals surface area contributed by atoms with Crippen LogP contribution < -0.4 is 5.32 Å². The van der Waals surface area contributed by atoms with E-state index in [4.69, 9.17) is 9.47 Å². The second-order valence-electron chi connectivity index (χ2n) is 6.58. The van der Waals surface area contributed by atoms with Crippen molar-refractivity contribution in [2.75, 3.05) is 19.0 Å². The van der Waals surface area contributed by atoms with Crippen LogP contribution in [0.2, 0.25) is 0 Å². The van der Waals surface area contributed by atoms with Crippen LogP contribution in [0, 0.1) is 11.6 Å². The van der Waals surface area contributed by atoms with Gasteiger partial charge in [0, 0.05) is 24.7 Å². The molecule has 3 rings (SSSR count). The molecule has 0 aromatic heterocycles. The zero-order valence-electron chi connectivity index (χ0n) is 15.5. The predicted molar refractivity (Wildman–Crippen MR) is 104 cm³/mol. The number of carbonyl (C=O) groups excluding carboxylic acids is 1. The number of thioether (sulfide) groups is 1. The maximum absolute atomic E-state index is 13.2. The van der Waals surface area contributed by atoms with Crippen molar-refractivity contribution in [1.82, 2.24) is 5.32 Å². The van der Waals surface area contributed by atoms with Gasteiger partial charge in [-0.05, 0) is 42.2 Å². The molecule has 0 atom stereocenters. The van der Waals surface area contributed by atoms with E-state index in [1.807, 2.05) is 24.3 Å². The van der Waals surface area contributed by atoms with E-state index in [9.17, 15) is 13.6 Å². The molecule has 4 nitrogen and oxygen atoms in total. The average Bonchev–Trinajstić information content (AvgIpc) is 2.73. The molecule has 0 saturated carbocycles. The summed E-state index contributed by atoms with van der Waals surface area (Å²) in [4.78, 5) is 12.5. The van der Waals surface area contributed by atoms with E-state index in [0.717, 1.165) is 61.1 Å². The van der Waals surface area contributed by atoms with Crippen LogP contribution in [0.4, 0.5) is 8.78 Å². The van der Waals surface area contributed by atoms with Gasteiger partial charge < -0.3 is 14.8 Å². The lowest BCUT2D eigenvalue weighted by Gasteiger charge is -2.22. The second kappa shape index (κ2) is 10.5. The Bertz CT molecular complexity index is 797. The summed E-state index contributed by atoms with van der Waals surface area (Å²) in [7, 11) is 0. The highest BCUT2D eigenvalue weighted by atomic mass is 32.2. The molecule has 1 aliphatic heterocycles. The molecule has 1 heterocycles. The Morgan fingerprint density at radius 3 is 2.68 bits per heavy atom. The van der Waals surface area contributed by atoms with E-state index in [1.54, 1.807) is 0 Å². The smallest absolute Gasteiger partial charge is 0.230 e. The molecule has 1 aliphatic rings. The third-order valence-corrected chi connectivity index (χ3v) is 5.39. The summed E-state index contributed by atoms with van der Waals surface area (Å²) in [5, 5.41) is 2.84. The lowest BCUT2D eigenvalue weighted by atomic mass is 10.1. The van der Waals surface area contributed by atoms with Gasteiger partial charge in [-0.15, -0.1) is 11.8 Å². The molecule has 1 saturated heterocycles. The van der Waals surface area contributed by atoms with Crippen molar-refractivity contribution in [2.45, 2.75) is 37.0 Å². The number of halogens is 2. The molecule has 1 amide bonds. The minimum atomic E-state index is -0.912. The lowest BCUT2D eigenvalue weighted by Crippen LogP contribution is -2.24. The zero-order valence-corrected chi connectivity index (χ0v) is 16.3. The van der Waals surface area contributed by atoms with Gasteiger partial charge in [-0.2, -0.15) is 0 Å². The van der Waals surface area contributed by atoms with Crippen LogP contribution >= 0.6 is 11.8 Å². The summed E-state index contributed by atoms with van der Waals surface area (Å²) in [6.07, 6.45) is 2.09. The first-order chi connectivity index (χ1) is 13.6. The van der Waals surface area contributed by atoms with Crippen LogP contribution in [0.3, 0.4) is 0 Å². The molecule has 0 spiro atoms. The first-order valence-corrected chi connectivity index (χ1v) is 10.2. The zero-order chi connectivity index (χ0) is 19.8. The second-order valence-corrected chi connectivity index (χ2v) is 7.63. The Kier molecular flexibility index (Phi) is 7.82. The number of rotatable bonds is 8. The van der Waals surface area contributed by atoms with Crippen LogP contribution in [0.15, 0.2) is 47.4 Å². The van der Waals surface area contributed by atoms with Gasteiger partial charge in [0.2, 0.25) is 5.91 Å². The van der Waals surface area contributed by atoms with Gasteiger partial charge in [0.15, 0.2) is 11.6 Å². The van der Waals surface area contributed by atoms with Crippen molar-refractivity contribution in [2.24, 2.45) is 0 Å². The molecule has 1 N–H and O–H groups in total. The summed E-state index contributed by atoms with van der Waals surface area (Å²) in [5.41, 5.74) is 2.05. The van der Waals surface area contributed by atoms with Gasteiger partial charge >= 0.3 is 0 Å². The fraction of sp³-hybridized carbons (Fsp3) is 0.381. The van der Waals surface area contributed by atoms with Gasteiger partial charge in [-0.3, -0.25) is 4.79 Å². The highest BCUT2D eigenvalue weighted by molar-refractivity contribution is 8.00. The third kappa shape index (κ3) is 6.58. The monoisotopic (exact) mass is 407 g/mol. The van der Waals surface area contributed by atoms with Gasteiger partial charge in [-0.1, -0.05) is 24.3 Å². The summed E-state index contributed by atoms with van der Waals surface area (Å²) in [6, 6.07) is 11.5. The van der Waals surface area contributed by atoms with Crippen LogP contribution in [-0.4, -0.2) is 31.0 Å². The Morgan fingerprint density at radius 1 is 1.11 bits per heavy atom. The van der Waals surface area contributed by atoms with E-state index in [2.05, 4.69) is 5.32 Å². The van der Waals surface area contributed by atoms with Crippen molar-refractivity contribution < 1.29 is 23.0 Å². The first-order valence-electron chi connectivity index (χ1n) is 9.22. The standard InChI is InChI=1S/C21H23F2NO3S/c22-19-5-4-18(11-20(19)23)28-14-21(25)24-12-15-2-1-3-16(10-15)13-27-17-6-8-26-9-7-17/h1-5,10-11,17H,6-9,12-14H2,(H,24,25). The fourth-order valence-electron chi connectivity index (χ4n) is 2.85. The summed E-state index contributed by atoms with van der Waals surface area (Å²) < 4.78 is 37.4. The molecule has 28 heavy (non-hydrogen) atoms. The Labute approximate surface area is 167 Å². The van der Waals surface area contributed by atoms with E-state index in [0.29, 0.717) is 18.0 Å². The van der Waals surface area contributed by atoms with Crippen molar-refractivity contribution in [1.29, 1.82) is 0 Å². The molecule has 0 radical (unpaired) electrons. The lowest BCUT2D eigenvalue weighted by molar-refractivity contribution is -0.118. The number of hydrogen-bond acceptors (Lipinski definition) is 4. The van der Waals surface area contributed by atoms with E-state index >= 15 is 0 Å². The quantitative estimate of drug-likeness (QED) is 0.670. The molecule has 2 aromatic rings. The number of nitrogens with one attached hydrogen (secondary N) is 1. The van der Waals surface area contributed by atoms with Crippen molar-refractivity contribution in [3.8, 4) is 0 Å². The van der Waals surface area contributed by atoms with Gasteiger partial charge in [0.05, 0.1) is 18.5 Å². The number of hydrogen-bond donors (Lipinski definition) is 1. The molecule has 7 heteroatoms. The number of benzene rings is 2. The maximum Gasteiger partial charge on any atom is 0.230 e. The molecule has 0 unspecified atom stereocenters. The normalized spacial score (nSPS) is 14.8. The first kappa shape index (κ1) is 20.8.